The number of aryl methyl sites for hydroxylation is 1. The van der Waals surface area contributed by atoms with Crippen molar-refractivity contribution in [3.63, 3.8) is 0 Å². The van der Waals surface area contributed by atoms with E-state index in [1.165, 1.54) is 0 Å². The molecular formula is C29H26ClN5O2S. The highest BCUT2D eigenvalue weighted by molar-refractivity contribution is 7.15. The number of esters is 1. The lowest BCUT2D eigenvalue weighted by Gasteiger charge is -2.21. The van der Waals surface area contributed by atoms with E-state index in [1.54, 1.807) is 23.7 Å². The lowest BCUT2D eigenvalue weighted by molar-refractivity contribution is -0.155. The molecule has 1 atom stereocenters. The number of aromatic nitrogens is 4. The minimum Gasteiger partial charge on any atom is -0.460 e. The number of nitrogens with zero attached hydrogens (tertiary/aromatic N) is 5. The number of aliphatic imine (C=N–C) groups is 1. The Labute approximate surface area is 230 Å². The van der Waals surface area contributed by atoms with E-state index in [-0.39, 0.29) is 12.4 Å². The zero-order chi connectivity index (χ0) is 27.0. The Hall–Kier alpha value is -3.80. The van der Waals surface area contributed by atoms with Crippen molar-refractivity contribution in [1.29, 1.82) is 0 Å². The molecule has 0 radical (unpaired) electrons. The van der Waals surface area contributed by atoms with Gasteiger partial charge < -0.3 is 4.74 Å². The van der Waals surface area contributed by atoms with Crippen LogP contribution in [0.5, 0.6) is 0 Å². The molecule has 9 heteroatoms. The highest BCUT2D eigenvalue weighted by Crippen LogP contribution is 2.40. The first-order chi connectivity index (χ1) is 18.1. The molecule has 0 unspecified atom stereocenters. The third-order valence-electron chi connectivity index (χ3n) is 5.88. The number of halogens is 1. The predicted octanol–water partition coefficient (Wildman–Crippen LogP) is 6.02. The first-order valence-electron chi connectivity index (χ1n) is 12.1. The van der Waals surface area contributed by atoms with Gasteiger partial charge in [0.05, 0.1) is 17.0 Å². The van der Waals surface area contributed by atoms with Crippen LogP contribution in [0.1, 0.15) is 72.0 Å². The lowest BCUT2D eigenvalue weighted by atomic mass is 9.99. The summed E-state index contributed by atoms with van der Waals surface area (Å²) in [5, 5.41) is 10.4. The molecule has 192 valence electrons. The molecule has 1 aromatic carbocycles. The van der Waals surface area contributed by atoms with Gasteiger partial charge in [0.2, 0.25) is 0 Å². The fourth-order valence-corrected chi connectivity index (χ4v) is 5.59. The van der Waals surface area contributed by atoms with Crippen LogP contribution in [0.3, 0.4) is 0 Å². The smallest absolute Gasteiger partial charge is 0.308 e. The molecule has 4 heterocycles. The Kier molecular flexibility index (Phi) is 6.91. The molecule has 0 saturated heterocycles. The SMILES string of the molecule is Cc1c(C#Cc2cccnc2)sc2c1C(c1ccc(Cl)cc1)=N[C@@H](CC(=O)OC(C)(C)C)c1nnc(C)n1-2. The zero-order valence-corrected chi connectivity index (χ0v) is 23.3. The molecule has 0 aliphatic carbocycles. The Balaban J connectivity index is 1.70. The van der Waals surface area contributed by atoms with E-state index in [4.69, 9.17) is 21.3 Å². The van der Waals surface area contributed by atoms with Gasteiger partial charge in [-0.3, -0.25) is 19.3 Å². The number of pyridine rings is 1. The molecule has 0 spiro atoms. The molecular weight excluding hydrogens is 518 g/mol. The second kappa shape index (κ2) is 10.2. The molecule has 38 heavy (non-hydrogen) atoms. The van der Waals surface area contributed by atoms with Crippen LogP contribution in [0.4, 0.5) is 0 Å². The van der Waals surface area contributed by atoms with Crippen molar-refractivity contribution in [2.75, 3.05) is 0 Å². The van der Waals surface area contributed by atoms with Crippen LogP contribution in [0.25, 0.3) is 5.00 Å². The van der Waals surface area contributed by atoms with Crippen LogP contribution in [0.15, 0.2) is 53.8 Å². The van der Waals surface area contributed by atoms with Crippen molar-refractivity contribution in [3.8, 4) is 16.8 Å². The van der Waals surface area contributed by atoms with Crippen molar-refractivity contribution in [1.82, 2.24) is 19.7 Å². The molecule has 4 aromatic rings. The van der Waals surface area contributed by atoms with Gasteiger partial charge in [-0.1, -0.05) is 35.6 Å². The van der Waals surface area contributed by atoms with Gasteiger partial charge in [0, 0.05) is 34.1 Å². The average molecular weight is 544 g/mol. The van der Waals surface area contributed by atoms with E-state index in [2.05, 4.69) is 27.0 Å². The van der Waals surface area contributed by atoms with E-state index in [0.717, 1.165) is 37.8 Å². The number of fused-ring (bicyclic) bond motifs is 3. The van der Waals surface area contributed by atoms with E-state index in [0.29, 0.717) is 16.7 Å². The quantitative estimate of drug-likeness (QED) is 0.233. The number of hydrogen-bond donors (Lipinski definition) is 0. The number of hydrogen-bond acceptors (Lipinski definition) is 7. The first-order valence-corrected chi connectivity index (χ1v) is 13.3. The molecule has 1 aliphatic heterocycles. The highest BCUT2D eigenvalue weighted by Gasteiger charge is 2.33. The summed E-state index contributed by atoms with van der Waals surface area (Å²) in [6.07, 6.45) is 3.50. The second-order valence-electron chi connectivity index (χ2n) is 9.96. The molecule has 7 nitrogen and oxygen atoms in total. The Morgan fingerprint density at radius 2 is 1.89 bits per heavy atom. The van der Waals surface area contributed by atoms with Crippen molar-refractivity contribution in [2.45, 2.75) is 52.7 Å². The lowest BCUT2D eigenvalue weighted by Crippen LogP contribution is -2.25. The number of carbonyl (C=O) groups is 1. The second-order valence-corrected chi connectivity index (χ2v) is 11.4. The molecule has 0 fully saturated rings. The maximum atomic E-state index is 12.9. The summed E-state index contributed by atoms with van der Waals surface area (Å²) < 4.78 is 7.62. The summed E-state index contributed by atoms with van der Waals surface area (Å²) in [6.45, 7) is 9.49. The summed E-state index contributed by atoms with van der Waals surface area (Å²) in [5.74, 6) is 7.49. The monoisotopic (exact) mass is 543 g/mol. The maximum Gasteiger partial charge on any atom is 0.308 e. The van der Waals surface area contributed by atoms with Gasteiger partial charge in [0.1, 0.15) is 22.5 Å². The molecule has 5 rings (SSSR count). The summed E-state index contributed by atoms with van der Waals surface area (Å²) in [7, 11) is 0. The van der Waals surface area contributed by atoms with Gasteiger partial charge in [0.15, 0.2) is 5.82 Å². The largest absolute Gasteiger partial charge is 0.460 e. The van der Waals surface area contributed by atoms with Gasteiger partial charge in [-0.2, -0.15) is 0 Å². The van der Waals surface area contributed by atoms with Crippen molar-refractivity contribution < 1.29 is 9.53 Å². The molecule has 0 saturated carbocycles. The van der Waals surface area contributed by atoms with Gasteiger partial charge in [0.25, 0.3) is 0 Å². The topological polar surface area (TPSA) is 82.3 Å². The van der Waals surface area contributed by atoms with E-state index in [1.807, 2.05) is 75.6 Å². The van der Waals surface area contributed by atoms with E-state index >= 15 is 0 Å². The number of thiophene rings is 1. The summed E-state index contributed by atoms with van der Waals surface area (Å²) in [5.41, 5.74) is 3.79. The number of benzene rings is 1. The van der Waals surface area contributed by atoms with Crippen molar-refractivity contribution >= 4 is 34.6 Å². The van der Waals surface area contributed by atoms with E-state index < -0.39 is 11.6 Å². The first kappa shape index (κ1) is 25.8. The average Bonchev–Trinajstić information content (AvgIpc) is 3.35. The maximum absolute atomic E-state index is 12.9. The number of carbonyl (C=O) groups excluding carboxylic acids is 1. The third kappa shape index (κ3) is 5.26. The number of rotatable bonds is 3. The van der Waals surface area contributed by atoms with Crippen molar-refractivity contribution in [3.05, 3.63) is 92.6 Å². The Morgan fingerprint density at radius 3 is 2.58 bits per heavy atom. The summed E-state index contributed by atoms with van der Waals surface area (Å²) in [6, 6.07) is 10.8. The van der Waals surface area contributed by atoms with Gasteiger partial charge in [-0.05, 0) is 64.4 Å². The van der Waals surface area contributed by atoms with Crippen molar-refractivity contribution in [2.24, 2.45) is 4.99 Å². The Bertz CT molecular complexity index is 1600. The van der Waals surface area contributed by atoms with Crippen LogP contribution in [0, 0.1) is 25.7 Å². The van der Waals surface area contributed by atoms with Crippen LogP contribution >= 0.6 is 22.9 Å². The minimum absolute atomic E-state index is 0.0359. The van der Waals surface area contributed by atoms with Crippen LogP contribution in [0.2, 0.25) is 5.02 Å². The van der Waals surface area contributed by atoms with Gasteiger partial charge in [-0.25, -0.2) is 0 Å². The van der Waals surface area contributed by atoms with E-state index in [9.17, 15) is 4.79 Å². The summed E-state index contributed by atoms with van der Waals surface area (Å²) in [4.78, 5) is 23.1. The number of ether oxygens (including phenoxy) is 1. The Morgan fingerprint density at radius 1 is 1.13 bits per heavy atom. The van der Waals surface area contributed by atoms with Crippen LogP contribution in [-0.2, 0) is 9.53 Å². The molecule has 1 aliphatic rings. The standard InChI is InChI=1S/C29H26ClN5O2S/c1-17-23(13-8-19-7-6-14-31-16-19)38-28-25(17)26(20-9-11-21(30)12-10-20)32-22(15-24(36)37-29(3,4)5)27-34-33-18(2)35(27)28/h6-7,9-12,14,16,22H,15H2,1-5H3/t22-/m0/s1. The molecule has 0 bridgehead atoms. The fraction of sp³-hybridized carbons (Fsp3) is 0.276. The van der Waals surface area contributed by atoms with Gasteiger partial charge in [-0.15, -0.1) is 21.5 Å². The van der Waals surface area contributed by atoms with Crippen LogP contribution in [-0.4, -0.2) is 37.0 Å². The molecule has 0 N–H and O–H groups in total. The summed E-state index contributed by atoms with van der Waals surface area (Å²) >= 11 is 7.76. The fourth-order valence-electron chi connectivity index (χ4n) is 4.25. The zero-order valence-electron chi connectivity index (χ0n) is 21.7. The van der Waals surface area contributed by atoms with Gasteiger partial charge >= 0.3 is 5.97 Å². The normalized spacial score (nSPS) is 14.5. The van der Waals surface area contributed by atoms with Crippen LogP contribution < -0.4 is 0 Å². The highest BCUT2D eigenvalue weighted by atomic mass is 35.5. The molecule has 0 amide bonds. The third-order valence-corrected chi connectivity index (χ3v) is 7.32. The predicted molar refractivity (Wildman–Crippen MR) is 149 cm³/mol. The molecule has 3 aromatic heterocycles. The minimum atomic E-state index is -0.606.